The molecule has 2 aromatic rings. The lowest BCUT2D eigenvalue weighted by Crippen LogP contribution is -2.36. The second-order valence-corrected chi connectivity index (χ2v) is 5.73. The first-order chi connectivity index (χ1) is 9.94. The van der Waals surface area contributed by atoms with Crippen LogP contribution in [-0.2, 0) is 11.3 Å². The zero-order valence-corrected chi connectivity index (χ0v) is 12.5. The molecule has 1 aromatic carbocycles. The van der Waals surface area contributed by atoms with Crippen LogP contribution in [0, 0.1) is 0 Å². The highest BCUT2D eigenvalue weighted by Gasteiger charge is 2.21. The van der Waals surface area contributed by atoms with Gasteiger partial charge in [-0.25, -0.2) is 4.79 Å². The summed E-state index contributed by atoms with van der Waals surface area (Å²) in [6.07, 6.45) is 2.92. The van der Waals surface area contributed by atoms with Gasteiger partial charge in [0.1, 0.15) is 5.60 Å². The molecule has 0 spiro atoms. The number of carbonyl (C=O) groups is 1. The van der Waals surface area contributed by atoms with E-state index in [2.05, 4.69) is 15.6 Å². The van der Waals surface area contributed by atoms with E-state index in [9.17, 15) is 4.79 Å². The van der Waals surface area contributed by atoms with Crippen LogP contribution in [0.1, 0.15) is 32.4 Å². The summed E-state index contributed by atoms with van der Waals surface area (Å²) >= 11 is 0. The fraction of sp³-hybridized carbons (Fsp3) is 0.400. The molecule has 1 N–H and O–H groups in total. The smallest absolute Gasteiger partial charge is 0.408 e. The molecule has 1 atom stereocenters. The average Bonchev–Trinajstić information content (AvgIpc) is 2.90. The van der Waals surface area contributed by atoms with Gasteiger partial charge in [0, 0.05) is 6.20 Å². The number of nitrogens with one attached hydrogen (secondary N) is 1. The highest BCUT2D eigenvalue weighted by molar-refractivity contribution is 5.68. The van der Waals surface area contributed by atoms with Crippen molar-refractivity contribution in [2.24, 2.45) is 0 Å². The monoisotopic (exact) mass is 288 g/mol. The van der Waals surface area contributed by atoms with Gasteiger partial charge in [-0.05, 0) is 26.3 Å². The lowest BCUT2D eigenvalue weighted by Gasteiger charge is -2.23. The summed E-state index contributed by atoms with van der Waals surface area (Å²) in [5, 5.41) is 10.6. The summed E-state index contributed by atoms with van der Waals surface area (Å²) in [5.41, 5.74) is 0.456. The van der Waals surface area contributed by atoms with E-state index >= 15 is 0 Å². The van der Waals surface area contributed by atoms with Crippen molar-refractivity contribution in [3.8, 4) is 0 Å². The summed E-state index contributed by atoms with van der Waals surface area (Å²) in [7, 11) is 0. The van der Waals surface area contributed by atoms with Crippen molar-refractivity contribution >= 4 is 6.09 Å². The zero-order valence-electron chi connectivity index (χ0n) is 12.5. The molecule has 0 radical (unpaired) electrons. The predicted molar refractivity (Wildman–Crippen MR) is 78.6 cm³/mol. The van der Waals surface area contributed by atoms with Crippen molar-refractivity contribution in [3.05, 3.63) is 48.3 Å². The first-order valence-corrected chi connectivity index (χ1v) is 6.82. The van der Waals surface area contributed by atoms with E-state index in [1.54, 1.807) is 17.1 Å². The molecule has 0 aliphatic rings. The maximum Gasteiger partial charge on any atom is 0.408 e. The molecule has 21 heavy (non-hydrogen) atoms. The van der Waals surface area contributed by atoms with Gasteiger partial charge in [-0.3, -0.25) is 4.68 Å². The van der Waals surface area contributed by atoms with Crippen molar-refractivity contribution in [1.82, 2.24) is 20.3 Å². The highest BCUT2D eigenvalue weighted by Crippen LogP contribution is 2.16. The average molecular weight is 288 g/mol. The molecular weight excluding hydrogens is 268 g/mol. The number of carbonyl (C=O) groups excluding carboxylic acids is 1. The topological polar surface area (TPSA) is 69.0 Å². The Hall–Kier alpha value is -2.37. The molecule has 0 saturated heterocycles. The van der Waals surface area contributed by atoms with E-state index < -0.39 is 11.7 Å². The van der Waals surface area contributed by atoms with Crippen molar-refractivity contribution < 1.29 is 9.53 Å². The minimum atomic E-state index is -0.529. The number of amides is 1. The molecular formula is C15H20N4O2. The maximum atomic E-state index is 12.0. The highest BCUT2D eigenvalue weighted by atomic mass is 16.6. The summed E-state index contributed by atoms with van der Waals surface area (Å²) in [4.78, 5) is 12.0. The van der Waals surface area contributed by atoms with Crippen LogP contribution in [0.15, 0.2) is 42.7 Å². The third-order valence-corrected chi connectivity index (χ3v) is 2.73. The number of hydrogen-bond acceptors (Lipinski definition) is 4. The lowest BCUT2D eigenvalue weighted by molar-refractivity contribution is 0.0497. The Balaban J connectivity index is 2.11. The van der Waals surface area contributed by atoms with E-state index in [4.69, 9.17) is 4.74 Å². The second-order valence-electron chi connectivity index (χ2n) is 5.73. The molecule has 0 unspecified atom stereocenters. The Morgan fingerprint density at radius 3 is 2.62 bits per heavy atom. The number of rotatable bonds is 4. The summed E-state index contributed by atoms with van der Waals surface area (Å²) < 4.78 is 6.99. The van der Waals surface area contributed by atoms with Gasteiger partial charge in [0.25, 0.3) is 0 Å². The van der Waals surface area contributed by atoms with Crippen molar-refractivity contribution in [1.29, 1.82) is 0 Å². The molecule has 2 rings (SSSR count). The third-order valence-electron chi connectivity index (χ3n) is 2.73. The molecule has 1 heterocycles. The number of alkyl carbamates (subject to hydrolysis) is 1. The Labute approximate surface area is 124 Å². The number of ether oxygens (including phenoxy) is 1. The van der Waals surface area contributed by atoms with Crippen LogP contribution in [0.2, 0.25) is 0 Å². The summed E-state index contributed by atoms with van der Waals surface area (Å²) in [5.74, 6) is 0. The fourth-order valence-electron chi connectivity index (χ4n) is 1.89. The van der Waals surface area contributed by atoms with Crippen molar-refractivity contribution in [2.75, 3.05) is 0 Å². The van der Waals surface area contributed by atoms with E-state index in [-0.39, 0.29) is 6.04 Å². The first-order valence-electron chi connectivity index (χ1n) is 6.82. The Kier molecular flexibility index (Phi) is 4.57. The first kappa shape index (κ1) is 15.0. The molecule has 0 aliphatic heterocycles. The van der Waals surface area contributed by atoms with Gasteiger partial charge in [0.05, 0.1) is 18.8 Å². The van der Waals surface area contributed by atoms with Gasteiger partial charge in [-0.2, -0.15) is 0 Å². The lowest BCUT2D eigenvalue weighted by atomic mass is 10.1. The van der Waals surface area contributed by atoms with E-state index in [1.807, 2.05) is 51.1 Å². The molecule has 0 bridgehead atoms. The van der Waals surface area contributed by atoms with Gasteiger partial charge in [-0.1, -0.05) is 35.5 Å². The van der Waals surface area contributed by atoms with Crippen LogP contribution in [0.5, 0.6) is 0 Å². The molecule has 1 amide bonds. The van der Waals surface area contributed by atoms with Crippen LogP contribution in [0.25, 0.3) is 0 Å². The Bertz CT molecular complexity index is 561. The van der Waals surface area contributed by atoms with Crippen molar-refractivity contribution in [2.45, 2.75) is 39.0 Å². The molecule has 6 nitrogen and oxygen atoms in total. The normalized spacial score (nSPS) is 12.7. The largest absolute Gasteiger partial charge is 0.444 e. The molecule has 0 fully saturated rings. The van der Waals surface area contributed by atoms with Gasteiger partial charge in [0.15, 0.2) is 0 Å². The summed E-state index contributed by atoms with van der Waals surface area (Å²) in [6.45, 7) is 5.99. The quantitative estimate of drug-likeness (QED) is 0.938. The zero-order chi connectivity index (χ0) is 15.3. The summed E-state index contributed by atoms with van der Waals surface area (Å²) in [6, 6.07) is 9.48. The third kappa shape index (κ3) is 4.91. The minimum Gasteiger partial charge on any atom is -0.444 e. The molecule has 112 valence electrons. The van der Waals surface area contributed by atoms with Crippen LogP contribution in [-0.4, -0.2) is 26.7 Å². The van der Waals surface area contributed by atoms with Crippen LogP contribution < -0.4 is 5.32 Å². The van der Waals surface area contributed by atoms with Gasteiger partial charge in [-0.15, -0.1) is 5.10 Å². The van der Waals surface area contributed by atoms with Crippen LogP contribution in [0.4, 0.5) is 4.79 Å². The number of benzene rings is 1. The van der Waals surface area contributed by atoms with Gasteiger partial charge >= 0.3 is 6.09 Å². The van der Waals surface area contributed by atoms with E-state index in [0.717, 1.165) is 5.56 Å². The van der Waals surface area contributed by atoms with Crippen LogP contribution in [0.3, 0.4) is 0 Å². The minimum absolute atomic E-state index is 0.234. The number of hydrogen-bond donors (Lipinski definition) is 1. The maximum absolute atomic E-state index is 12.0. The van der Waals surface area contributed by atoms with E-state index in [1.165, 1.54) is 0 Å². The SMILES string of the molecule is CC(C)(C)OC(=O)N[C@@H](Cn1ccnn1)c1ccccc1. The predicted octanol–water partition coefficient (Wildman–Crippen LogP) is 2.54. The van der Waals surface area contributed by atoms with Crippen LogP contribution >= 0.6 is 0 Å². The van der Waals surface area contributed by atoms with Gasteiger partial charge < -0.3 is 10.1 Å². The standard InChI is InChI=1S/C15H20N4O2/c1-15(2,3)21-14(20)17-13(11-19-10-9-16-18-19)12-7-5-4-6-8-12/h4-10,13H,11H2,1-3H3,(H,17,20)/t13-/m0/s1. The second kappa shape index (κ2) is 6.39. The fourth-order valence-corrected chi connectivity index (χ4v) is 1.89. The molecule has 1 aromatic heterocycles. The number of aromatic nitrogens is 3. The molecule has 0 saturated carbocycles. The Morgan fingerprint density at radius 2 is 2.05 bits per heavy atom. The number of nitrogens with zero attached hydrogens (tertiary/aromatic N) is 3. The molecule has 6 heteroatoms. The van der Waals surface area contributed by atoms with E-state index in [0.29, 0.717) is 6.54 Å². The molecule has 0 aliphatic carbocycles. The van der Waals surface area contributed by atoms with Gasteiger partial charge in [0.2, 0.25) is 0 Å². The Morgan fingerprint density at radius 1 is 1.33 bits per heavy atom. The van der Waals surface area contributed by atoms with Crippen molar-refractivity contribution in [3.63, 3.8) is 0 Å².